The van der Waals surface area contributed by atoms with Crippen LogP contribution in [-0.4, -0.2) is 17.6 Å². The summed E-state index contributed by atoms with van der Waals surface area (Å²) in [4.78, 5) is 12.0. The maximum Gasteiger partial charge on any atom is 0.340 e. The molecule has 1 aromatic heterocycles. The van der Waals surface area contributed by atoms with Gasteiger partial charge >= 0.3 is 5.97 Å². The maximum absolute atomic E-state index is 12.0. The number of carbonyl (C=O) groups is 1. The number of rotatable bonds is 5. The van der Waals surface area contributed by atoms with Crippen molar-refractivity contribution in [3.8, 4) is 11.5 Å². The van der Waals surface area contributed by atoms with Crippen LogP contribution in [0.3, 0.4) is 0 Å². The number of aromatic nitrogens is 1. The first-order valence-electron chi connectivity index (χ1n) is 7.28. The average Bonchev–Trinajstić information content (AvgIpc) is 2.93. The van der Waals surface area contributed by atoms with Crippen LogP contribution < -0.4 is 4.74 Å². The van der Waals surface area contributed by atoms with Crippen molar-refractivity contribution in [2.75, 3.05) is 7.11 Å². The number of hydrogen-bond acceptors (Lipinski definition) is 3. The minimum Gasteiger partial charge on any atom is -0.465 e. The van der Waals surface area contributed by atoms with Gasteiger partial charge < -0.3 is 14.0 Å². The number of esters is 1. The monoisotopic (exact) mass is 307 g/mol. The summed E-state index contributed by atoms with van der Waals surface area (Å²) >= 11 is 0. The first kappa shape index (κ1) is 14.9. The van der Waals surface area contributed by atoms with E-state index in [0.717, 1.165) is 16.7 Å². The van der Waals surface area contributed by atoms with E-state index in [2.05, 4.69) is 6.58 Å². The summed E-state index contributed by atoms with van der Waals surface area (Å²) in [5.74, 6) is 1.05. The first-order chi connectivity index (χ1) is 11.2. The summed E-state index contributed by atoms with van der Waals surface area (Å²) in [5.41, 5.74) is 1.45. The lowest BCUT2D eigenvalue weighted by molar-refractivity contribution is 0.0603. The van der Waals surface area contributed by atoms with Gasteiger partial charge in [0.15, 0.2) is 0 Å². The molecule has 4 heteroatoms. The van der Waals surface area contributed by atoms with E-state index in [1.165, 1.54) is 7.11 Å². The van der Waals surface area contributed by atoms with Gasteiger partial charge in [-0.1, -0.05) is 24.3 Å². The summed E-state index contributed by atoms with van der Waals surface area (Å²) in [6.45, 7) is 4.37. The van der Waals surface area contributed by atoms with Gasteiger partial charge in [-0.2, -0.15) is 0 Å². The van der Waals surface area contributed by atoms with Gasteiger partial charge in [0.05, 0.1) is 12.7 Å². The third kappa shape index (κ3) is 2.97. The Bertz CT molecular complexity index is 850. The van der Waals surface area contributed by atoms with E-state index in [9.17, 15) is 4.79 Å². The number of methoxy groups -OCH3 is 1. The number of ether oxygens (including phenoxy) is 2. The number of benzene rings is 2. The van der Waals surface area contributed by atoms with Crippen molar-refractivity contribution in [1.82, 2.24) is 4.57 Å². The zero-order chi connectivity index (χ0) is 16.2. The van der Waals surface area contributed by atoms with E-state index < -0.39 is 0 Å². The molecule has 0 saturated carbocycles. The van der Waals surface area contributed by atoms with Crippen molar-refractivity contribution in [3.05, 3.63) is 72.9 Å². The molecule has 0 aliphatic carbocycles. The third-order valence-corrected chi connectivity index (χ3v) is 3.56. The fourth-order valence-corrected chi connectivity index (χ4v) is 2.53. The SMILES string of the molecule is C=CCn1cc(C(=O)OC)c2cc(Oc3ccccc3)ccc21. The first-order valence-corrected chi connectivity index (χ1v) is 7.28. The number of carbonyl (C=O) groups excluding carboxylic acids is 1. The second kappa shape index (κ2) is 6.40. The van der Waals surface area contributed by atoms with Gasteiger partial charge in [-0.3, -0.25) is 0 Å². The maximum atomic E-state index is 12.0. The molecule has 1 heterocycles. The van der Waals surface area contributed by atoms with E-state index in [4.69, 9.17) is 9.47 Å². The van der Waals surface area contributed by atoms with Crippen molar-refractivity contribution >= 4 is 16.9 Å². The van der Waals surface area contributed by atoms with Crippen LogP contribution in [0.1, 0.15) is 10.4 Å². The lowest BCUT2D eigenvalue weighted by Gasteiger charge is -2.07. The highest BCUT2D eigenvalue weighted by atomic mass is 16.5. The van der Waals surface area contributed by atoms with Crippen LogP contribution in [0, 0.1) is 0 Å². The van der Waals surface area contributed by atoms with E-state index in [0.29, 0.717) is 17.9 Å². The Morgan fingerprint density at radius 2 is 1.96 bits per heavy atom. The quantitative estimate of drug-likeness (QED) is 0.518. The van der Waals surface area contributed by atoms with Crippen LogP contribution in [0.5, 0.6) is 11.5 Å². The number of nitrogens with zero attached hydrogens (tertiary/aromatic N) is 1. The molecule has 0 aliphatic heterocycles. The lowest BCUT2D eigenvalue weighted by Crippen LogP contribution is -2.00. The molecule has 0 radical (unpaired) electrons. The number of para-hydroxylation sites is 1. The predicted octanol–water partition coefficient (Wildman–Crippen LogP) is 4.41. The van der Waals surface area contributed by atoms with Gasteiger partial charge in [-0.15, -0.1) is 6.58 Å². The third-order valence-electron chi connectivity index (χ3n) is 3.56. The van der Waals surface area contributed by atoms with E-state index in [-0.39, 0.29) is 5.97 Å². The van der Waals surface area contributed by atoms with Crippen LogP contribution >= 0.6 is 0 Å². The molecule has 0 bridgehead atoms. The highest BCUT2D eigenvalue weighted by Gasteiger charge is 2.16. The molecule has 0 saturated heterocycles. The molecule has 23 heavy (non-hydrogen) atoms. The molecule has 3 aromatic rings. The van der Waals surface area contributed by atoms with E-state index >= 15 is 0 Å². The molecule has 2 aromatic carbocycles. The lowest BCUT2D eigenvalue weighted by atomic mass is 10.1. The van der Waals surface area contributed by atoms with E-state index in [1.807, 2.05) is 53.1 Å². The van der Waals surface area contributed by atoms with Crippen molar-refractivity contribution < 1.29 is 14.3 Å². The Morgan fingerprint density at radius 3 is 2.65 bits per heavy atom. The van der Waals surface area contributed by atoms with Crippen LogP contribution in [0.25, 0.3) is 10.9 Å². The molecule has 4 nitrogen and oxygen atoms in total. The zero-order valence-corrected chi connectivity index (χ0v) is 12.9. The van der Waals surface area contributed by atoms with Crippen molar-refractivity contribution in [2.45, 2.75) is 6.54 Å². The molecule has 0 amide bonds. The average molecular weight is 307 g/mol. The minimum absolute atomic E-state index is 0.366. The number of allylic oxidation sites excluding steroid dienone is 1. The number of fused-ring (bicyclic) bond motifs is 1. The van der Waals surface area contributed by atoms with Crippen LogP contribution in [-0.2, 0) is 11.3 Å². The predicted molar refractivity (Wildman–Crippen MR) is 90.0 cm³/mol. The minimum atomic E-state index is -0.366. The zero-order valence-electron chi connectivity index (χ0n) is 12.9. The largest absolute Gasteiger partial charge is 0.465 e. The molecule has 3 rings (SSSR count). The van der Waals surface area contributed by atoms with Crippen LogP contribution in [0.15, 0.2) is 67.4 Å². The topological polar surface area (TPSA) is 40.5 Å². The van der Waals surface area contributed by atoms with Gasteiger partial charge in [-0.25, -0.2) is 4.79 Å². The van der Waals surface area contributed by atoms with Crippen LogP contribution in [0.2, 0.25) is 0 Å². The highest BCUT2D eigenvalue weighted by molar-refractivity contribution is 6.04. The molecule has 0 aliphatic rings. The fourth-order valence-electron chi connectivity index (χ4n) is 2.53. The van der Waals surface area contributed by atoms with Gasteiger partial charge in [0, 0.05) is 23.6 Å². The molecular formula is C19H17NO3. The number of hydrogen-bond donors (Lipinski definition) is 0. The molecule has 0 fully saturated rings. The van der Waals surface area contributed by atoms with Crippen molar-refractivity contribution in [2.24, 2.45) is 0 Å². The molecule has 116 valence electrons. The summed E-state index contributed by atoms with van der Waals surface area (Å²) in [7, 11) is 1.38. The molecule has 0 atom stereocenters. The molecule has 0 spiro atoms. The Hall–Kier alpha value is -3.01. The molecule has 0 N–H and O–H groups in total. The van der Waals surface area contributed by atoms with Crippen LogP contribution in [0.4, 0.5) is 0 Å². The smallest absolute Gasteiger partial charge is 0.340 e. The Balaban J connectivity index is 2.06. The molecule has 0 unspecified atom stereocenters. The fraction of sp³-hybridized carbons (Fsp3) is 0.105. The normalized spacial score (nSPS) is 10.5. The highest BCUT2D eigenvalue weighted by Crippen LogP contribution is 2.29. The van der Waals surface area contributed by atoms with Gasteiger partial charge in [-0.05, 0) is 30.3 Å². The van der Waals surface area contributed by atoms with Crippen molar-refractivity contribution in [1.29, 1.82) is 0 Å². The summed E-state index contributed by atoms with van der Waals surface area (Å²) < 4.78 is 12.7. The summed E-state index contributed by atoms with van der Waals surface area (Å²) in [6.07, 6.45) is 3.57. The summed E-state index contributed by atoms with van der Waals surface area (Å²) in [5, 5.41) is 0.798. The van der Waals surface area contributed by atoms with Crippen molar-refractivity contribution in [3.63, 3.8) is 0 Å². The Kier molecular flexibility index (Phi) is 4.15. The van der Waals surface area contributed by atoms with E-state index in [1.54, 1.807) is 12.3 Å². The second-order valence-electron chi connectivity index (χ2n) is 5.07. The standard InChI is InChI=1S/C19H17NO3/c1-3-11-20-13-17(19(21)22-2)16-12-15(9-10-18(16)20)23-14-7-5-4-6-8-14/h3-10,12-13H,1,11H2,2H3. The van der Waals surface area contributed by atoms with Gasteiger partial charge in [0.2, 0.25) is 0 Å². The summed E-state index contributed by atoms with van der Waals surface area (Å²) in [6, 6.07) is 15.2. The Labute approximate surface area is 134 Å². The van der Waals surface area contributed by atoms with Gasteiger partial charge in [0.1, 0.15) is 11.5 Å². The second-order valence-corrected chi connectivity index (χ2v) is 5.07. The molecular weight excluding hydrogens is 290 g/mol. The Morgan fingerprint density at radius 1 is 1.17 bits per heavy atom. The van der Waals surface area contributed by atoms with Gasteiger partial charge in [0.25, 0.3) is 0 Å².